The van der Waals surface area contributed by atoms with E-state index >= 15 is 0 Å². The molecule has 6 heteroatoms. The van der Waals surface area contributed by atoms with Crippen molar-refractivity contribution in [2.45, 2.75) is 58.5 Å². The number of hydrogen-bond acceptors (Lipinski definition) is 3. The number of carbonyl (C=O) groups is 1. The van der Waals surface area contributed by atoms with E-state index in [0.29, 0.717) is 17.8 Å². The summed E-state index contributed by atoms with van der Waals surface area (Å²) >= 11 is 0. The van der Waals surface area contributed by atoms with Crippen LogP contribution in [0.4, 0.5) is 4.39 Å². The van der Waals surface area contributed by atoms with Crippen LogP contribution >= 0.6 is 0 Å². The number of halogens is 1. The Morgan fingerprint density at radius 3 is 2.70 bits per heavy atom. The van der Waals surface area contributed by atoms with E-state index < -0.39 is 0 Å². The van der Waals surface area contributed by atoms with E-state index in [-0.39, 0.29) is 29.7 Å². The molecular weight excluding hydrogens is 345 g/mol. The number of carbonyl (C=O) groups excluding carboxylic acids is 1. The molecule has 1 aliphatic heterocycles. The van der Waals surface area contributed by atoms with Gasteiger partial charge in [0.1, 0.15) is 5.82 Å². The summed E-state index contributed by atoms with van der Waals surface area (Å²) in [5.41, 5.74) is 2.75. The van der Waals surface area contributed by atoms with E-state index in [0.717, 1.165) is 30.8 Å². The summed E-state index contributed by atoms with van der Waals surface area (Å²) in [6.07, 6.45) is 2.08. The van der Waals surface area contributed by atoms with Gasteiger partial charge >= 0.3 is 0 Å². The second-order valence-electron chi connectivity index (χ2n) is 7.69. The molecule has 0 bridgehead atoms. The maximum Gasteiger partial charge on any atom is 0.255 e. The Bertz CT molecular complexity index is 808. The van der Waals surface area contributed by atoms with E-state index in [2.05, 4.69) is 5.32 Å². The van der Waals surface area contributed by atoms with Gasteiger partial charge in [0.05, 0.1) is 28.7 Å². The summed E-state index contributed by atoms with van der Waals surface area (Å²) in [4.78, 5) is 13.1. The highest BCUT2D eigenvalue weighted by atomic mass is 19.1. The molecule has 0 aliphatic carbocycles. The van der Waals surface area contributed by atoms with Gasteiger partial charge in [0, 0.05) is 13.2 Å². The van der Waals surface area contributed by atoms with E-state index in [1.807, 2.05) is 27.7 Å². The number of aromatic nitrogens is 2. The van der Waals surface area contributed by atoms with E-state index in [4.69, 9.17) is 9.84 Å². The number of nitrogens with zero attached hydrogens (tertiary/aromatic N) is 2. The molecule has 1 atom stereocenters. The van der Waals surface area contributed by atoms with Gasteiger partial charge in [-0.1, -0.05) is 33.8 Å². The van der Waals surface area contributed by atoms with Crippen molar-refractivity contribution >= 4 is 5.91 Å². The zero-order valence-electron chi connectivity index (χ0n) is 16.5. The Morgan fingerprint density at radius 1 is 1.33 bits per heavy atom. The first-order valence-electron chi connectivity index (χ1n) is 9.67. The highest BCUT2D eigenvalue weighted by Crippen LogP contribution is 2.30. The van der Waals surface area contributed by atoms with Crippen LogP contribution in [0, 0.1) is 5.82 Å². The zero-order valence-corrected chi connectivity index (χ0v) is 16.5. The standard InChI is InChI=1S/C21H28FN3O2/c1-13(2)19-18(21(26)23-12-17-9-6-10-27-17)20(14(3)4)25(24-19)16-8-5-7-15(22)11-16/h5,7-8,11,13-14,17H,6,9-10,12H2,1-4H3,(H,23,26)/t17-/m0/s1. The number of benzene rings is 1. The Hall–Kier alpha value is -2.21. The fourth-order valence-corrected chi connectivity index (χ4v) is 3.52. The lowest BCUT2D eigenvalue weighted by Crippen LogP contribution is -2.33. The predicted octanol–water partition coefficient (Wildman–Crippen LogP) is 4.17. The molecule has 0 saturated carbocycles. The molecule has 1 N–H and O–H groups in total. The van der Waals surface area contributed by atoms with Crippen LogP contribution in [0.3, 0.4) is 0 Å². The van der Waals surface area contributed by atoms with E-state index in [1.54, 1.807) is 16.8 Å². The molecule has 146 valence electrons. The molecule has 3 rings (SSSR count). The fraction of sp³-hybridized carbons (Fsp3) is 0.524. The highest BCUT2D eigenvalue weighted by Gasteiger charge is 2.28. The summed E-state index contributed by atoms with van der Waals surface area (Å²) in [6.45, 7) is 9.32. The summed E-state index contributed by atoms with van der Waals surface area (Å²) in [5.74, 6) is -0.341. The third-order valence-electron chi connectivity index (χ3n) is 4.84. The first-order valence-corrected chi connectivity index (χ1v) is 9.67. The van der Waals surface area contributed by atoms with Gasteiger partial charge in [0.15, 0.2) is 0 Å². The average molecular weight is 373 g/mol. The van der Waals surface area contributed by atoms with Crippen LogP contribution in [0.5, 0.6) is 0 Å². The third kappa shape index (κ3) is 4.21. The number of hydrogen-bond donors (Lipinski definition) is 1. The van der Waals surface area contributed by atoms with Crippen molar-refractivity contribution in [2.75, 3.05) is 13.2 Å². The van der Waals surface area contributed by atoms with E-state index in [1.165, 1.54) is 12.1 Å². The first kappa shape index (κ1) is 19.5. The van der Waals surface area contributed by atoms with Crippen molar-refractivity contribution < 1.29 is 13.9 Å². The summed E-state index contributed by atoms with van der Waals surface area (Å²) in [5, 5.41) is 7.72. The van der Waals surface area contributed by atoms with Gasteiger partial charge in [-0.15, -0.1) is 0 Å². The molecule has 27 heavy (non-hydrogen) atoms. The van der Waals surface area contributed by atoms with E-state index in [9.17, 15) is 9.18 Å². The highest BCUT2D eigenvalue weighted by molar-refractivity contribution is 5.97. The number of nitrogens with one attached hydrogen (secondary N) is 1. The summed E-state index contributed by atoms with van der Waals surface area (Å²) < 4.78 is 21.1. The van der Waals surface area contributed by atoms with Gasteiger partial charge in [-0.3, -0.25) is 4.79 Å². The molecule has 5 nitrogen and oxygen atoms in total. The minimum atomic E-state index is -0.326. The molecular formula is C21H28FN3O2. The molecule has 1 saturated heterocycles. The maximum absolute atomic E-state index is 13.8. The van der Waals surface area contributed by atoms with Gasteiger partial charge in [-0.05, 0) is 42.9 Å². The second kappa shape index (κ2) is 8.21. The van der Waals surface area contributed by atoms with Crippen LogP contribution in [-0.2, 0) is 4.74 Å². The topological polar surface area (TPSA) is 56.2 Å². The summed E-state index contributed by atoms with van der Waals surface area (Å²) in [6, 6.07) is 6.31. The van der Waals surface area contributed by atoms with Crippen molar-refractivity contribution in [3.63, 3.8) is 0 Å². The maximum atomic E-state index is 13.8. The van der Waals surface area contributed by atoms with Crippen molar-refractivity contribution in [2.24, 2.45) is 0 Å². The molecule has 2 heterocycles. The smallest absolute Gasteiger partial charge is 0.255 e. The third-order valence-corrected chi connectivity index (χ3v) is 4.84. The molecule has 2 aromatic rings. The lowest BCUT2D eigenvalue weighted by atomic mass is 9.98. The Labute approximate surface area is 159 Å². The number of amides is 1. The van der Waals surface area contributed by atoms with Crippen LogP contribution in [0.15, 0.2) is 24.3 Å². The quantitative estimate of drug-likeness (QED) is 0.827. The van der Waals surface area contributed by atoms with Crippen molar-refractivity contribution in [3.05, 3.63) is 47.0 Å². The largest absolute Gasteiger partial charge is 0.376 e. The lowest BCUT2D eigenvalue weighted by molar-refractivity contribution is 0.0855. The SMILES string of the molecule is CC(C)c1nn(-c2cccc(F)c2)c(C(C)C)c1C(=O)NC[C@@H]1CCCO1. The molecule has 1 amide bonds. The molecule has 0 unspecified atom stereocenters. The van der Waals surface area contributed by atoms with Crippen LogP contribution in [0.1, 0.15) is 74.1 Å². The Kier molecular flexibility index (Phi) is 5.95. The Balaban J connectivity index is 2.01. The normalized spacial score (nSPS) is 17.1. The van der Waals surface area contributed by atoms with Crippen LogP contribution < -0.4 is 5.32 Å². The number of rotatable bonds is 6. The summed E-state index contributed by atoms with van der Waals surface area (Å²) in [7, 11) is 0. The zero-order chi connectivity index (χ0) is 19.6. The molecule has 1 fully saturated rings. The Morgan fingerprint density at radius 2 is 2.11 bits per heavy atom. The van der Waals surface area contributed by atoms with Crippen molar-refractivity contribution in [1.29, 1.82) is 0 Å². The van der Waals surface area contributed by atoms with Crippen LogP contribution in [0.25, 0.3) is 5.69 Å². The van der Waals surface area contributed by atoms with Gasteiger partial charge in [-0.2, -0.15) is 5.10 Å². The molecule has 1 aliphatic rings. The molecule has 1 aromatic carbocycles. The first-order chi connectivity index (χ1) is 12.9. The van der Waals surface area contributed by atoms with Gasteiger partial charge in [-0.25, -0.2) is 9.07 Å². The van der Waals surface area contributed by atoms with Gasteiger partial charge in [0.25, 0.3) is 5.91 Å². The average Bonchev–Trinajstić information content (AvgIpc) is 3.27. The van der Waals surface area contributed by atoms with Gasteiger partial charge in [0.2, 0.25) is 0 Å². The molecule has 1 aromatic heterocycles. The lowest BCUT2D eigenvalue weighted by Gasteiger charge is -2.15. The van der Waals surface area contributed by atoms with Crippen LogP contribution in [0.2, 0.25) is 0 Å². The minimum absolute atomic E-state index is 0.0525. The minimum Gasteiger partial charge on any atom is -0.376 e. The number of ether oxygens (including phenoxy) is 1. The van der Waals surface area contributed by atoms with Crippen molar-refractivity contribution in [1.82, 2.24) is 15.1 Å². The van der Waals surface area contributed by atoms with Crippen molar-refractivity contribution in [3.8, 4) is 5.69 Å². The van der Waals surface area contributed by atoms with Crippen LogP contribution in [-0.4, -0.2) is 34.9 Å². The molecule has 0 spiro atoms. The second-order valence-corrected chi connectivity index (χ2v) is 7.69. The monoisotopic (exact) mass is 373 g/mol. The fourth-order valence-electron chi connectivity index (χ4n) is 3.52. The molecule has 0 radical (unpaired) electrons. The van der Waals surface area contributed by atoms with Gasteiger partial charge < -0.3 is 10.1 Å². The predicted molar refractivity (Wildman–Crippen MR) is 103 cm³/mol.